The van der Waals surface area contributed by atoms with Gasteiger partial charge in [-0.05, 0) is 37.5 Å². The molecule has 0 bridgehead atoms. The first kappa shape index (κ1) is 10.2. The van der Waals surface area contributed by atoms with Crippen molar-refractivity contribution in [1.82, 2.24) is 0 Å². The van der Waals surface area contributed by atoms with Crippen molar-refractivity contribution in [2.24, 2.45) is 17.8 Å². The predicted octanol–water partition coefficient (Wildman–Crippen LogP) is 2.15. The maximum Gasteiger partial charge on any atom is 0.136 e. The van der Waals surface area contributed by atoms with Gasteiger partial charge in [0, 0.05) is 18.9 Å². The number of ketones is 1. The van der Waals surface area contributed by atoms with E-state index in [2.05, 4.69) is 0 Å². The lowest BCUT2D eigenvalue weighted by Gasteiger charge is -2.32. The highest BCUT2D eigenvalue weighted by Gasteiger charge is 2.48. The molecule has 2 rings (SSSR count). The van der Waals surface area contributed by atoms with Crippen molar-refractivity contribution in [1.29, 1.82) is 0 Å². The van der Waals surface area contributed by atoms with Crippen LogP contribution in [-0.2, 0) is 4.79 Å². The lowest BCUT2D eigenvalue weighted by molar-refractivity contribution is -0.134. The molecule has 0 aromatic rings. The van der Waals surface area contributed by atoms with Gasteiger partial charge in [0.1, 0.15) is 5.78 Å². The Morgan fingerprint density at radius 3 is 2.79 bits per heavy atom. The molecule has 2 aliphatic rings. The Bertz CT molecular complexity index is 212. The van der Waals surface area contributed by atoms with Gasteiger partial charge in [-0.2, -0.15) is 0 Å². The van der Waals surface area contributed by atoms with E-state index in [0.717, 1.165) is 25.2 Å². The molecule has 14 heavy (non-hydrogen) atoms. The largest absolute Gasteiger partial charge is 0.396 e. The molecule has 0 aromatic heterocycles. The lowest BCUT2D eigenvalue weighted by Crippen LogP contribution is -2.36. The molecular formula is C12H20O2. The van der Waals surface area contributed by atoms with Crippen LogP contribution in [0.4, 0.5) is 0 Å². The summed E-state index contributed by atoms with van der Waals surface area (Å²) in [4.78, 5) is 11.4. The fourth-order valence-electron chi connectivity index (χ4n) is 3.18. The van der Waals surface area contributed by atoms with Gasteiger partial charge >= 0.3 is 0 Å². The Balaban J connectivity index is 1.68. The molecule has 0 amide bonds. The number of unbranched alkanes of at least 4 members (excludes halogenated alkanes) is 2. The van der Waals surface area contributed by atoms with Crippen molar-refractivity contribution >= 4 is 5.78 Å². The van der Waals surface area contributed by atoms with Gasteiger partial charge in [-0.3, -0.25) is 4.79 Å². The molecule has 0 spiro atoms. The summed E-state index contributed by atoms with van der Waals surface area (Å²) in [6.45, 7) is 0.315. The number of hydrogen-bond acceptors (Lipinski definition) is 2. The second-order valence-corrected chi connectivity index (χ2v) is 4.87. The van der Waals surface area contributed by atoms with E-state index >= 15 is 0 Å². The maximum absolute atomic E-state index is 11.4. The molecule has 2 saturated carbocycles. The summed E-state index contributed by atoms with van der Waals surface area (Å²) in [6.07, 6.45) is 7.90. The summed E-state index contributed by atoms with van der Waals surface area (Å²) in [5, 5.41) is 8.65. The minimum atomic E-state index is 0.315. The molecular weight excluding hydrogens is 176 g/mol. The highest BCUT2D eigenvalue weighted by atomic mass is 16.2. The van der Waals surface area contributed by atoms with Gasteiger partial charge in [0.05, 0.1) is 0 Å². The average molecular weight is 196 g/mol. The van der Waals surface area contributed by atoms with Crippen LogP contribution in [0.3, 0.4) is 0 Å². The highest BCUT2D eigenvalue weighted by molar-refractivity contribution is 5.88. The summed E-state index contributed by atoms with van der Waals surface area (Å²) in [5.74, 6) is 2.43. The van der Waals surface area contributed by atoms with Crippen LogP contribution in [0.2, 0.25) is 0 Å². The number of Topliss-reactive ketones (excluding diaryl/α,β-unsaturated/α-hetero) is 1. The first-order valence-corrected chi connectivity index (χ1v) is 5.96. The number of aliphatic hydroxyl groups excluding tert-OH is 1. The van der Waals surface area contributed by atoms with E-state index in [-0.39, 0.29) is 0 Å². The molecule has 2 heteroatoms. The first-order valence-electron chi connectivity index (χ1n) is 5.96. The number of carbonyl (C=O) groups is 1. The topological polar surface area (TPSA) is 37.3 Å². The van der Waals surface area contributed by atoms with Crippen LogP contribution in [0.25, 0.3) is 0 Å². The fourth-order valence-corrected chi connectivity index (χ4v) is 3.18. The molecule has 0 radical (unpaired) electrons. The molecule has 0 heterocycles. The lowest BCUT2D eigenvalue weighted by atomic mass is 9.70. The van der Waals surface area contributed by atoms with Crippen molar-refractivity contribution < 1.29 is 9.90 Å². The van der Waals surface area contributed by atoms with Gasteiger partial charge in [-0.15, -0.1) is 0 Å². The smallest absolute Gasteiger partial charge is 0.136 e. The number of aliphatic hydroxyl groups is 1. The molecule has 2 fully saturated rings. The number of fused-ring (bicyclic) bond motifs is 1. The Morgan fingerprint density at radius 1 is 1.21 bits per heavy atom. The molecule has 1 N–H and O–H groups in total. The van der Waals surface area contributed by atoms with Gasteiger partial charge < -0.3 is 5.11 Å². The third-order valence-electron chi connectivity index (χ3n) is 3.99. The van der Waals surface area contributed by atoms with Gasteiger partial charge in [0.25, 0.3) is 0 Å². The van der Waals surface area contributed by atoms with E-state index < -0.39 is 0 Å². The number of carbonyl (C=O) groups excluding carboxylic acids is 1. The molecule has 3 atom stereocenters. The highest BCUT2D eigenvalue weighted by Crippen LogP contribution is 2.49. The quantitative estimate of drug-likeness (QED) is 0.684. The SMILES string of the molecule is O=C1CC2CCC(CCCCCO)C12. The van der Waals surface area contributed by atoms with Crippen LogP contribution in [0.5, 0.6) is 0 Å². The van der Waals surface area contributed by atoms with E-state index in [4.69, 9.17) is 5.11 Å². The van der Waals surface area contributed by atoms with E-state index in [9.17, 15) is 4.79 Å². The van der Waals surface area contributed by atoms with Crippen molar-refractivity contribution in [3.05, 3.63) is 0 Å². The van der Waals surface area contributed by atoms with Crippen molar-refractivity contribution in [3.8, 4) is 0 Å². The van der Waals surface area contributed by atoms with Crippen molar-refractivity contribution in [2.45, 2.75) is 44.9 Å². The Kier molecular flexibility index (Phi) is 3.22. The first-order chi connectivity index (χ1) is 6.83. The van der Waals surface area contributed by atoms with Crippen molar-refractivity contribution in [2.75, 3.05) is 6.61 Å². The minimum absolute atomic E-state index is 0.315. The van der Waals surface area contributed by atoms with E-state index in [1.807, 2.05) is 0 Å². The Labute approximate surface area is 85.7 Å². The number of hydrogen-bond donors (Lipinski definition) is 1. The normalized spacial score (nSPS) is 35.5. The van der Waals surface area contributed by atoms with Gasteiger partial charge in [-0.1, -0.05) is 12.8 Å². The summed E-state index contributed by atoms with van der Waals surface area (Å²) in [7, 11) is 0. The van der Waals surface area contributed by atoms with Crippen LogP contribution < -0.4 is 0 Å². The zero-order chi connectivity index (χ0) is 9.97. The zero-order valence-corrected chi connectivity index (χ0v) is 8.74. The third kappa shape index (κ3) is 1.85. The molecule has 0 aliphatic heterocycles. The molecule has 80 valence electrons. The van der Waals surface area contributed by atoms with E-state index in [1.54, 1.807) is 0 Å². The monoisotopic (exact) mass is 196 g/mol. The fraction of sp³-hybridized carbons (Fsp3) is 0.917. The van der Waals surface area contributed by atoms with E-state index in [0.29, 0.717) is 24.2 Å². The summed E-state index contributed by atoms with van der Waals surface area (Å²) < 4.78 is 0. The van der Waals surface area contributed by atoms with E-state index in [1.165, 1.54) is 25.7 Å². The standard InChI is InChI=1S/C12H20O2/c13-7-3-1-2-4-9-5-6-10-8-11(14)12(9)10/h9-10,12-13H,1-8H2. The predicted molar refractivity (Wildman–Crippen MR) is 54.9 cm³/mol. The zero-order valence-electron chi connectivity index (χ0n) is 8.74. The van der Waals surface area contributed by atoms with Gasteiger partial charge in [-0.25, -0.2) is 0 Å². The van der Waals surface area contributed by atoms with Crippen molar-refractivity contribution in [3.63, 3.8) is 0 Å². The number of rotatable bonds is 5. The van der Waals surface area contributed by atoms with Crippen LogP contribution in [0, 0.1) is 17.8 Å². The summed E-state index contributed by atoms with van der Waals surface area (Å²) in [5.41, 5.74) is 0. The average Bonchev–Trinajstić information content (AvgIpc) is 2.49. The second kappa shape index (κ2) is 4.43. The maximum atomic E-state index is 11.4. The minimum Gasteiger partial charge on any atom is -0.396 e. The second-order valence-electron chi connectivity index (χ2n) is 4.87. The van der Waals surface area contributed by atoms with Crippen LogP contribution in [0.15, 0.2) is 0 Å². The van der Waals surface area contributed by atoms with Gasteiger partial charge in [0.2, 0.25) is 0 Å². The molecule has 2 nitrogen and oxygen atoms in total. The van der Waals surface area contributed by atoms with Crippen LogP contribution >= 0.6 is 0 Å². The molecule has 0 aromatic carbocycles. The third-order valence-corrected chi connectivity index (χ3v) is 3.99. The molecule has 3 unspecified atom stereocenters. The summed E-state index contributed by atoms with van der Waals surface area (Å²) in [6, 6.07) is 0. The Hall–Kier alpha value is -0.370. The Morgan fingerprint density at radius 2 is 2.07 bits per heavy atom. The molecule has 2 aliphatic carbocycles. The van der Waals surface area contributed by atoms with Crippen LogP contribution in [-0.4, -0.2) is 17.5 Å². The molecule has 0 saturated heterocycles. The van der Waals surface area contributed by atoms with Gasteiger partial charge in [0.15, 0.2) is 0 Å². The van der Waals surface area contributed by atoms with Crippen LogP contribution in [0.1, 0.15) is 44.9 Å². The summed E-state index contributed by atoms with van der Waals surface area (Å²) >= 11 is 0.